The first-order valence-electron chi connectivity index (χ1n) is 13.7. The molecular formula is C27H39FN6O3. The van der Waals surface area contributed by atoms with Gasteiger partial charge in [0.25, 0.3) is 0 Å². The number of carbonyl (C=O) groups excluding carboxylic acids is 1. The first-order chi connectivity index (χ1) is 17.7. The highest BCUT2D eigenvalue weighted by atomic mass is 19.1. The van der Waals surface area contributed by atoms with Crippen molar-refractivity contribution in [1.29, 1.82) is 0 Å². The summed E-state index contributed by atoms with van der Waals surface area (Å²) >= 11 is 0. The van der Waals surface area contributed by atoms with Crippen LogP contribution in [0.3, 0.4) is 0 Å². The van der Waals surface area contributed by atoms with Gasteiger partial charge in [-0.2, -0.15) is 10.1 Å². The van der Waals surface area contributed by atoms with Gasteiger partial charge in [-0.1, -0.05) is 33.1 Å². The van der Waals surface area contributed by atoms with E-state index in [1.807, 2.05) is 6.92 Å². The molecule has 4 bridgehead atoms. The highest BCUT2D eigenvalue weighted by Crippen LogP contribution is 2.61. The van der Waals surface area contributed by atoms with Crippen molar-refractivity contribution in [3.63, 3.8) is 0 Å². The number of nitrogens with zero attached hydrogens (tertiary/aromatic N) is 3. The van der Waals surface area contributed by atoms with E-state index in [9.17, 15) is 9.90 Å². The molecule has 0 amide bonds. The molecule has 2 heterocycles. The summed E-state index contributed by atoms with van der Waals surface area (Å²) in [6.07, 6.45) is 8.70. The Morgan fingerprint density at radius 1 is 1.27 bits per heavy atom. The predicted molar refractivity (Wildman–Crippen MR) is 138 cm³/mol. The van der Waals surface area contributed by atoms with E-state index in [0.29, 0.717) is 24.1 Å². The largest absolute Gasteiger partial charge is 0.459 e. The van der Waals surface area contributed by atoms with Gasteiger partial charge in [0.15, 0.2) is 17.5 Å². The predicted octanol–water partition coefficient (Wildman–Crippen LogP) is 5.15. The molecule has 3 unspecified atom stereocenters. The van der Waals surface area contributed by atoms with E-state index >= 15 is 4.39 Å². The fourth-order valence-corrected chi connectivity index (χ4v) is 7.23. The summed E-state index contributed by atoms with van der Waals surface area (Å²) in [5.74, 6) is 0.519. The zero-order chi connectivity index (χ0) is 26.2. The molecule has 0 aliphatic heterocycles. The number of H-pyrrole nitrogens is 1. The highest BCUT2D eigenvalue weighted by molar-refractivity contribution is 5.69. The smallest absolute Gasteiger partial charge is 0.306 e. The van der Waals surface area contributed by atoms with Crippen molar-refractivity contribution in [1.82, 2.24) is 20.2 Å². The van der Waals surface area contributed by atoms with Crippen LogP contribution in [0.1, 0.15) is 89.4 Å². The van der Waals surface area contributed by atoms with E-state index in [1.54, 1.807) is 6.07 Å². The fourth-order valence-electron chi connectivity index (χ4n) is 7.23. The molecule has 4 N–H and O–H groups in total. The van der Waals surface area contributed by atoms with Gasteiger partial charge in [0.1, 0.15) is 12.3 Å². The minimum atomic E-state index is -0.671. The average molecular weight is 515 g/mol. The van der Waals surface area contributed by atoms with E-state index < -0.39 is 11.4 Å². The summed E-state index contributed by atoms with van der Waals surface area (Å²) in [7, 11) is 0. The van der Waals surface area contributed by atoms with Crippen molar-refractivity contribution in [2.45, 2.75) is 103 Å². The molecule has 5 atom stereocenters. The monoisotopic (exact) mass is 514 g/mol. The highest BCUT2D eigenvalue weighted by Gasteiger charge is 2.60. The Morgan fingerprint density at radius 3 is 2.81 bits per heavy atom. The molecule has 4 aliphatic rings. The van der Waals surface area contributed by atoms with Crippen LogP contribution in [0.25, 0.3) is 0 Å². The first-order valence-corrected chi connectivity index (χ1v) is 13.7. The number of aromatic amines is 1. The Hall–Kier alpha value is -2.75. The van der Waals surface area contributed by atoms with Crippen LogP contribution in [0.5, 0.6) is 0 Å². The molecule has 4 fully saturated rings. The SMILES string of the molecule is CCCCCCC(=O)OCc1nc(NC2[C@H]3CC4CC(O)(C3)C[C@]2(C)C4)nc(Nc2cc(C)[nH]n2)c1F. The number of hydrogen-bond donors (Lipinski definition) is 4. The van der Waals surface area contributed by atoms with Gasteiger partial charge in [0.05, 0.1) is 5.60 Å². The Morgan fingerprint density at radius 2 is 2.11 bits per heavy atom. The average Bonchev–Trinajstić information content (AvgIpc) is 3.23. The lowest BCUT2D eigenvalue weighted by Gasteiger charge is -2.63. The Bertz CT molecular complexity index is 1140. The molecule has 4 saturated carbocycles. The molecule has 0 saturated heterocycles. The van der Waals surface area contributed by atoms with Gasteiger partial charge in [-0.15, -0.1) is 0 Å². The zero-order valence-corrected chi connectivity index (χ0v) is 22.1. The van der Waals surface area contributed by atoms with Crippen LogP contribution >= 0.6 is 0 Å². The molecule has 0 spiro atoms. The molecule has 2 aromatic rings. The third-order valence-electron chi connectivity index (χ3n) is 8.42. The molecule has 202 valence electrons. The molecule has 9 nitrogen and oxygen atoms in total. The van der Waals surface area contributed by atoms with Gasteiger partial charge in [-0.25, -0.2) is 9.37 Å². The van der Waals surface area contributed by atoms with Crippen molar-refractivity contribution in [3.8, 4) is 0 Å². The Labute approximate surface area is 217 Å². The van der Waals surface area contributed by atoms with Gasteiger partial charge in [-0.3, -0.25) is 9.89 Å². The van der Waals surface area contributed by atoms with Crippen molar-refractivity contribution in [2.75, 3.05) is 10.6 Å². The van der Waals surface area contributed by atoms with Crippen LogP contribution in [-0.4, -0.2) is 42.9 Å². The van der Waals surface area contributed by atoms with Crippen LogP contribution in [0.15, 0.2) is 6.07 Å². The van der Waals surface area contributed by atoms with Crippen LogP contribution < -0.4 is 10.6 Å². The number of ether oxygens (including phenoxy) is 1. The summed E-state index contributed by atoms with van der Waals surface area (Å²) in [5, 5.41) is 24.5. The molecule has 0 radical (unpaired) electrons. The molecule has 37 heavy (non-hydrogen) atoms. The molecule has 4 aliphatic carbocycles. The number of hydrogen-bond acceptors (Lipinski definition) is 8. The molecule has 0 aromatic carbocycles. The van der Waals surface area contributed by atoms with E-state index in [0.717, 1.165) is 63.5 Å². The minimum absolute atomic E-state index is 0.0155. The van der Waals surface area contributed by atoms with E-state index in [-0.39, 0.29) is 41.5 Å². The molecule has 6 rings (SSSR count). The van der Waals surface area contributed by atoms with Gasteiger partial charge >= 0.3 is 5.97 Å². The summed E-state index contributed by atoms with van der Waals surface area (Å²) < 4.78 is 20.9. The Balaban J connectivity index is 1.36. The first kappa shape index (κ1) is 25.9. The van der Waals surface area contributed by atoms with Crippen molar-refractivity contribution in [3.05, 3.63) is 23.3 Å². The zero-order valence-electron chi connectivity index (χ0n) is 22.1. The number of nitrogens with one attached hydrogen (secondary N) is 3. The van der Waals surface area contributed by atoms with E-state index in [1.165, 1.54) is 0 Å². The minimum Gasteiger partial charge on any atom is -0.459 e. The lowest BCUT2D eigenvalue weighted by Crippen LogP contribution is -2.63. The maximum atomic E-state index is 15.5. The van der Waals surface area contributed by atoms with Crippen LogP contribution in [0.2, 0.25) is 0 Å². The number of anilines is 3. The number of aliphatic hydroxyl groups is 1. The second kappa shape index (κ2) is 10.2. The van der Waals surface area contributed by atoms with Crippen LogP contribution in [0, 0.1) is 30.0 Å². The van der Waals surface area contributed by atoms with Crippen molar-refractivity contribution < 1.29 is 19.0 Å². The maximum Gasteiger partial charge on any atom is 0.306 e. The fraction of sp³-hybridized carbons (Fsp3) is 0.704. The lowest BCUT2D eigenvalue weighted by molar-refractivity contribution is -0.163. The summed E-state index contributed by atoms with van der Waals surface area (Å²) in [5.41, 5.74) is 0.173. The number of carbonyl (C=O) groups is 1. The third kappa shape index (κ3) is 5.58. The molecular weight excluding hydrogens is 475 g/mol. The standard InChI is InChI=1S/C27H39FN6O3/c1-4-5-6-7-8-21(35)37-14-19-22(28)24(30-20-9-16(2)33-34-20)32-25(29-19)31-23-18-10-17-11-26(23,3)15-27(36,12-17)13-18/h9,17-18,23,36H,4-8,10-15H2,1-3H3,(H3,29,30,31,32,33,34)/t17?,18-,23?,26-,27?/m0/s1. The maximum absolute atomic E-state index is 15.5. The van der Waals surface area contributed by atoms with E-state index in [2.05, 4.69) is 44.6 Å². The number of aromatic nitrogens is 4. The number of aryl methyl sites for hydroxylation is 1. The number of unbranched alkanes of at least 4 members (excludes halogenated alkanes) is 3. The quantitative estimate of drug-likeness (QED) is 0.240. The summed E-state index contributed by atoms with van der Waals surface area (Å²) in [6.45, 7) is 5.93. The summed E-state index contributed by atoms with van der Waals surface area (Å²) in [6, 6.07) is 1.83. The topological polar surface area (TPSA) is 125 Å². The molecule has 10 heteroatoms. The van der Waals surface area contributed by atoms with Crippen molar-refractivity contribution >= 4 is 23.6 Å². The van der Waals surface area contributed by atoms with Gasteiger partial charge in [0.2, 0.25) is 5.95 Å². The Kier molecular flexibility index (Phi) is 7.13. The molecule has 2 aromatic heterocycles. The lowest BCUT2D eigenvalue weighted by atomic mass is 9.46. The van der Waals surface area contributed by atoms with Gasteiger partial charge in [-0.05, 0) is 62.7 Å². The number of esters is 1. The normalized spacial score (nSPS) is 29.9. The van der Waals surface area contributed by atoms with Crippen molar-refractivity contribution in [2.24, 2.45) is 17.3 Å². The van der Waals surface area contributed by atoms with Crippen LogP contribution in [-0.2, 0) is 16.1 Å². The second-order valence-corrected chi connectivity index (χ2v) is 11.8. The van der Waals surface area contributed by atoms with Crippen LogP contribution in [0.4, 0.5) is 22.0 Å². The van der Waals surface area contributed by atoms with E-state index in [4.69, 9.17) is 4.74 Å². The second-order valence-electron chi connectivity index (χ2n) is 11.8. The number of rotatable bonds is 11. The number of halogens is 1. The summed E-state index contributed by atoms with van der Waals surface area (Å²) in [4.78, 5) is 21.2. The van der Waals surface area contributed by atoms with Gasteiger partial charge < -0.3 is 20.5 Å². The van der Waals surface area contributed by atoms with Gasteiger partial charge in [0, 0.05) is 24.2 Å². The third-order valence-corrected chi connectivity index (χ3v) is 8.42.